The molecule has 0 aliphatic rings. The fraction of sp³-hybridized carbons (Fsp3) is 0.533. The topological polar surface area (TPSA) is 32.3 Å². The Hall–Kier alpha value is -1.58. The Morgan fingerprint density at radius 2 is 1.74 bits per heavy atom. The average Bonchev–Trinajstić information content (AvgIpc) is 2.38. The maximum absolute atomic E-state index is 12.9. The van der Waals surface area contributed by atoms with E-state index in [0.29, 0.717) is 19.6 Å². The molecular formula is C15H23FN2O. The summed E-state index contributed by atoms with van der Waals surface area (Å²) in [5.74, 6) is -0.244. The molecule has 19 heavy (non-hydrogen) atoms. The normalized spacial score (nSPS) is 11.2. The summed E-state index contributed by atoms with van der Waals surface area (Å²) in [7, 11) is 0. The fourth-order valence-corrected chi connectivity index (χ4v) is 1.92. The SMILES string of the molecule is CCN(CC)C(=O)NCC(C)(C)c1ccc(F)cc1. The maximum Gasteiger partial charge on any atom is 0.317 e. The second-order valence-electron chi connectivity index (χ2n) is 5.22. The summed E-state index contributed by atoms with van der Waals surface area (Å²) in [6.07, 6.45) is 0. The molecule has 106 valence electrons. The Labute approximate surface area is 114 Å². The van der Waals surface area contributed by atoms with Gasteiger partial charge in [0.2, 0.25) is 0 Å². The zero-order valence-corrected chi connectivity index (χ0v) is 12.2. The van der Waals surface area contributed by atoms with Gasteiger partial charge in [0.15, 0.2) is 0 Å². The van der Waals surface area contributed by atoms with E-state index in [-0.39, 0.29) is 17.3 Å². The van der Waals surface area contributed by atoms with Gasteiger partial charge in [0.25, 0.3) is 0 Å². The van der Waals surface area contributed by atoms with Crippen molar-refractivity contribution in [2.45, 2.75) is 33.1 Å². The van der Waals surface area contributed by atoms with Crippen LogP contribution in [-0.2, 0) is 5.41 Å². The third-order valence-corrected chi connectivity index (χ3v) is 3.36. The first kappa shape index (κ1) is 15.5. The van der Waals surface area contributed by atoms with Gasteiger partial charge in [-0.05, 0) is 31.5 Å². The number of urea groups is 1. The summed E-state index contributed by atoms with van der Waals surface area (Å²) in [6.45, 7) is 9.88. The molecule has 0 aliphatic carbocycles. The van der Waals surface area contributed by atoms with E-state index in [1.165, 1.54) is 12.1 Å². The minimum atomic E-state index is -0.244. The molecule has 0 heterocycles. The lowest BCUT2D eigenvalue weighted by Gasteiger charge is -2.28. The van der Waals surface area contributed by atoms with Crippen molar-refractivity contribution in [2.24, 2.45) is 0 Å². The van der Waals surface area contributed by atoms with Crippen LogP contribution >= 0.6 is 0 Å². The van der Waals surface area contributed by atoms with Gasteiger partial charge in [0, 0.05) is 25.0 Å². The Morgan fingerprint density at radius 3 is 2.21 bits per heavy atom. The molecule has 1 aromatic rings. The van der Waals surface area contributed by atoms with E-state index in [1.54, 1.807) is 17.0 Å². The number of carbonyl (C=O) groups is 1. The number of hydrogen-bond donors (Lipinski definition) is 1. The van der Waals surface area contributed by atoms with Gasteiger partial charge in [-0.15, -0.1) is 0 Å². The summed E-state index contributed by atoms with van der Waals surface area (Å²) in [5.41, 5.74) is 0.782. The first-order chi connectivity index (χ1) is 8.90. The Balaban J connectivity index is 2.65. The van der Waals surface area contributed by atoms with Gasteiger partial charge in [-0.1, -0.05) is 26.0 Å². The second kappa shape index (κ2) is 6.55. The van der Waals surface area contributed by atoms with Crippen LogP contribution in [0.3, 0.4) is 0 Å². The van der Waals surface area contributed by atoms with E-state index in [1.807, 2.05) is 27.7 Å². The van der Waals surface area contributed by atoms with Crippen molar-refractivity contribution < 1.29 is 9.18 Å². The van der Waals surface area contributed by atoms with Gasteiger partial charge in [0.05, 0.1) is 0 Å². The second-order valence-corrected chi connectivity index (χ2v) is 5.22. The van der Waals surface area contributed by atoms with Gasteiger partial charge in [-0.3, -0.25) is 0 Å². The quantitative estimate of drug-likeness (QED) is 0.872. The molecule has 0 spiro atoms. The number of hydrogen-bond acceptors (Lipinski definition) is 1. The van der Waals surface area contributed by atoms with Crippen LogP contribution in [0.2, 0.25) is 0 Å². The van der Waals surface area contributed by atoms with Crippen LogP contribution in [0.4, 0.5) is 9.18 Å². The minimum Gasteiger partial charge on any atom is -0.337 e. The van der Waals surface area contributed by atoms with Gasteiger partial charge in [-0.2, -0.15) is 0 Å². The Kier molecular flexibility index (Phi) is 5.33. The summed E-state index contributed by atoms with van der Waals surface area (Å²) in [5, 5.41) is 2.93. The van der Waals surface area contributed by atoms with E-state index in [9.17, 15) is 9.18 Å². The molecule has 0 aliphatic heterocycles. The summed E-state index contributed by atoms with van der Waals surface area (Å²) in [6, 6.07) is 6.37. The highest BCUT2D eigenvalue weighted by molar-refractivity contribution is 5.74. The van der Waals surface area contributed by atoms with Crippen molar-refractivity contribution in [2.75, 3.05) is 19.6 Å². The van der Waals surface area contributed by atoms with E-state index in [0.717, 1.165) is 5.56 Å². The minimum absolute atomic E-state index is 0.0554. The van der Waals surface area contributed by atoms with Crippen LogP contribution in [0.1, 0.15) is 33.3 Å². The van der Waals surface area contributed by atoms with Gasteiger partial charge >= 0.3 is 6.03 Å². The van der Waals surface area contributed by atoms with Crippen LogP contribution < -0.4 is 5.32 Å². The molecule has 1 N–H and O–H groups in total. The van der Waals surface area contributed by atoms with Crippen molar-refractivity contribution in [3.05, 3.63) is 35.6 Å². The number of halogens is 1. The molecule has 0 saturated carbocycles. The molecule has 0 aromatic heterocycles. The first-order valence-electron chi connectivity index (χ1n) is 6.69. The average molecular weight is 266 g/mol. The molecule has 3 nitrogen and oxygen atoms in total. The lowest BCUT2D eigenvalue weighted by Crippen LogP contribution is -2.44. The Morgan fingerprint density at radius 1 is 1.21 bits per heavy atom. The number of benzene rings is 1. The van der Waals surface area contributed by atoms with E-state index in [2.05, 4.69) is 5.32 Å². The van der Waals surface area contributed by atoms with Crippen molar-refractivity contribution >= 4 is 6.03 Å². The summed E-state index contributed by atoms with van der Waals surface area (Å²) in [4.78, 5) is 13.6. The molecular weight excluding hydrogens is 243 g/mol. The predicted octanol–water partition coefficient (Wildman–Crippen LogP) is 3.15. The largest absolute Gasteiger partial charge is 0.337 e. The molecule has 1 aromatic carbocycles. The number of carbonyl (C=O) groups excluding carboxylic acids is 1. The Bertz CT molecular complexity index is 411. The zero-order chi connectivity index (χ0) is 14.5. The third-order valence-electron chi connectivity index (χ3n) is 3.36. The van der Waals surface area contributed by atoms with Gasteiger partial charge < -0.3 is 10.2 Å². The van der Waals surface area contributed by atoms with Crippen LogP contribution in [0.25, 0.3) is 0 Å². The molecule has 2 amide bonds. The van der Waals surface area contributed by atoms with Crippen LogP contribution in [0, 0.1) is 5.82 Å². The number of nitrogens with one attached hydrogen (secondary N) is 1. The molecule has 0 fully saturated rings. The number of rotatable bonds is 5. The highest BCUT2D eigenvalue weighted by Crippen LogP contribution is 2.22. The van der Waals surface area contributed by atoms with Gasteiger partial charge in [0.1, 0.15) is 5.82 Å². The monoisotopic (exact) mass is 266 g/mol. The lowest BCUT2D eigenvalue weighted by molar-refractivity contribution is 0.201. The molecule has 0 radical (unpaired) electrons. The lowest BCUT2D eigenvalue weighted by atomic mass is 9.84. The molecule has 0 atom stereocenters. The number of amides is 2. The zero-order valence-electron chi connectivity index (χ0n) is 12.2. The van der Waals surface area contributed by atoms with Crippen molar-refractivity contribution in [3.63, 3.8) is 0 Å². The molecule has 0 unspecified atom stereocenters. The van der Waals surface area contributed by atoms with Gasteiger partial charge in [-0.25, -0.2) is 9.18 Å². The molecule has 0 bridgehead atoms. The fourth-order valence-electron chi connectivity index (χ4n) is 1.92. The van der Waals surface area contributed by atoms with Crippen molar-refractivity contribution in [3.8, 4) is 0 Å². The van der Waals surface area contributed by atoms with E-state index in [4.69, 9.17) is 0 Å². The standard InChI is InChI=1S/C15H23FN2O/c1-5-18(6-2)14(19)17-11-15(3,4)12-7-9-13(16)10-8-12/h7-10H,5-6,11H2,1-4H3,(H,17,19). The van der Waals surface area contributed by atoms with Crippen molar-refractivity contribution in [1.29, 1.82) is 0 Å². The molecule has 1 rings (SSSR count). The van der Waals surface area contributed by atoms with E-state index < -0.39 is 0 Å². The van der Waals surface area contributed by atoms with Crippen LogP contribution in [-0.4, -0.2) is 30.6 Å². The van der Waals surface area contributed by atoms with E-state index >= 15 is 0 Å². The summed E-state index contributed by atoms with van der Waals surface area (Å²) < 4.78 is 12.9. The number of nitrogens with zero attached hydrogens (tertiary/aromatic N) is 1. The highest BCUT2D eigenvalue weighted by Gasteiger charge is 2.22. The molecule has 0 saturated heterocycles. The van der Waals surface area contributed by atoms with Crippen LogP contribution in [0.15, 0.2) is 24.3 Å². The summed E-state index contributed by atoms with van der Waals surface area (Å²) >= 11 is 0. The maximum atomic E-state index is 12.9. The van der Waals surface area contributed by atoms with Crippen LogP contribution in [0.5, 0.6) is 0 Å². The smallest absolute Gasteiger partial charge is 0.317 e. The highest BCUT2D eigenvalue weighted by atomic mass is 19.1. The predicted molar refractivity (Wildman–Crippen MR) is 75.7 cm³/mol. The first-order valence-corrected chi connectivity index (χ1v) is 6.69. The molecule has 4 heteroatoms. The van der Waals surface area contributed by atoms with Crippen molar-refractivity contribution in [1.82, 2.24) is 10.2 Å². The third kappa shape index (κ3) is 4.23.